The summed E-state index contributed by atoms with van der Waals surface area (Å²) in [4.78, 5) is 2.29. The van der Waals surface area contributed by atoms with E-state index in [0.29, 0.717) is 19.3 Å². The molecule has 4 nitrogen and oxygen atoms in total. The van der Waals surface area contributed by atoms with E-state index in [-0.39, 0.29) is 6.10 Å². The number of nitrogens with zero attached hydrogens (tertiary/aromatic N) is 1. The molecule has 130 valence electrons. The average molecular weight is 321 g/mol. The molecule has 1 aromatic carbocycles. The van der Waals surface area contributed by atoms with E-state index >= 15 is 0 Å². The highest BCUT2D eigenvalue weighted by molar-refractivity contribution is 5.21. The van der Waals surface area contributed by atoms with E-state index < -0.39 is 6.10 Å². The minimum Gasteiger partial charge on any atom is -0.389 e. The normalized spacial score (nSPS) is 19.7. The monoisotopic (exact) mass is 321 g/mol. The van der Waals surface area contributed by atoms with Crippen molar-refractivity contribution in [1.82, 2.24) is 4.90 Å². The molecule has 0 saturated carbocycles. The van der Waals surface area contributed by atoms with Crippen LogP contribution in [0.25, 0.3) is 0 Å². The third-order valence-corrected chi connectivity index (χ3v) is 4.10. The lowest BCUT2D eigenvalue weighted by Gasteiger charge is -2.27. The maximum absolute atomic E-state index is 10.3. The number of aliphatic hydroxyl groups is 1. The first-order valence-corrected chi connectivity index (χ1v) is 8.72. The van der Waals surface area contributed by atoms with Crippen LogP contribution in [0.4, 0.5) is 0 Å². The first kappa shape index (κ1) is 18.4. The lowest BCUT2D eigenvalue weighted by molar-refractivity contribution is -0.0172. The van der Waals surface area contributed by atoms with Crippen molar-refractivity contribution in [3.05, 3.63) is 35.4 Å². The Morgan fingerprint density at radius 3 is 2.65 bits per heavy atom. The van der Waals surface area contributed by atoms with Crippen molar-refractivity contribution in [2.24, 2.45) is 0 Å². The van der Waals surface area contributed by atoms with Crippen LogP contribution >= 0.6 is 0 Å². The van der Waals surface area contributed by atoms with Gasteiger partial charge in [-0.3, -0.25) is 4.90 Å². The first-order chi connectivity index (χ1) is 11.0. The van der Waals surface area contributed by atoms with Gasteiger partial charge in [0, 0.05) is 26.2 Å². The fraction of sp³-hybridized carbons (Fsp3) is 0.684. The maximum atomic E-state index is 10.3. The standard InChI is InChI=1S/C19H31NO3/c1-15(2)23-14-18(21)12-20(13-19-5-4-10-22-19)11-17-8-6-16(3)7-9-17/h6-9,15,18-19,21H,4-5,10-14H2,1-3H3. The summed E-state index contributed by atoms with van der Waals surface area (Å²) in [5.74, 6) is 0. The zero-order valence-electron chi connectivity index (χ0n) is 14.7. The Hall–Kier alpha value is -0.940. The summed E-state index contributed by atoms with van der Waals surface area (Å²) in [5, 5.41) is 10.3. The van der Waals surface area contributed by atoms with Crippen LogP contribution in [0.1, 0.15) is 37.8 Å². The topological polar surface area (TPSA) is 41.9 Å². The van der Waals surface area contributed by atoms with Crippen LogP contribution in [-0.2, 0) is 16.0 Å². The van der Waals surface area contributed by atoms with E-state index in [2.05, 4.69) is 36.1 Å². The zero-order valence-corrected chi connectivity index (χ0v) is 14.7. The summed E-state index contributed by atoms with van der Waals surface area (Å²) in [6.07, 6.45) is 2.22. The van der Waals surface area contributed by atoms with E-state index in [0.717, 1.165) is 32.5 Å². The van der Waals surface area contributed by atoms with Gasteiger partial charge in [0.2, 0.25) is 0 Å². The molecule has 1 heterocycles. The quantitative estimate of drug-likeness (QED) is 0.759. The molecule has 2 unspecified atom stereocenters. The Labute approximate surface area is 140 Å². The van der Waals surface area contributed by atoms with Gasteiger partial charge < -0.3 is 14.6 Å². The highest BCUT2D eigenvalue weighted by atomic mass is 16.5. The van der Waals surface area contributed by atoms with Gasteiger partial charge in [0.05, 0.1) is 24.9 Å². The van der Waals surface area contributed by atoms with Crippen molar-refractivity contribution in [2.45, 2.75) is 58.5 Å². The Morgan fingerprint density at radius 1 is 1.30 bits per heavy atom. The van der Waals surface area contributed by atoms with Crippen LogP contribution < -0.4 is 0 Å². The third kappa shape index (κ3) is 7.00. The molecule has 4 heteroatoms. The number of hydrogen-bond acceptors (Lipinski definition) is 4. The molecule has 1 aliphatic rings. The van der Waals surface area contributed by atoms with Gasteiger partial charge in [-0.25, -0.2) is 0 Å². The summed E-state index contributed by atoms with van der Waals surface area (Å²) < 4.78 is 11.3. The Balaban J connectivity index is 1.91. The fourth-order valence-electron chi connectivity index (χ4n) is 2.89. The van der Waals surface area contributed by atoms with Crippen LogP contribution in [0, 0.1) is 6.92 Å². The third-order valence-electron chi connectivity index (χ3n) is 4.10. The highest BCUT2D eigenvalue weighted by Crippen LogP contribution is 2.16. The Morgan fingerprint density at radius 2 is 2.04 bits per heavy atom. The number of ether oxygens (including phenoxy) is 2. The number of aryl methyl sites for hydroxylation is 1. The Kier molecular flexibility index (Phi) is 7.50. The minimum atomic E-state index is -0.468. The van der Waals surface area contributed by atoms with E-state index in [9.17, 15) is 5.11 Å². The van der Waals surface area contributed by atoms with Crippen LogP contribution in [0.3, 0.4) is 0 Å². The SMILES string of the molecule is Cc1ccc(CN(CC(O)COC(C)C)CC2CCCO2)cc1. The summed E-state index contributed by atoms with van der Waals surface area (Å²) in [5.41, 5.74) is 2.54. The molecule has 0 spiro atoms. The van der Waals surface area contributed by atoms with E-state index in [1.54, 1.807) is 0 Å². The summed E-state index contributed by atoms with van der Waals surface area (Å²) in [6.45, 7) is 9.63. The molecule has 0 amide bonds. The molecule has 0 aromatic heterocycles. The molecule has 23 heavy (non-hydrogen) atoms. The molecule has 2 atom stereocenters. The van der Waals surface area contributed by atoms with Gasteiger partial charge in [0.1, 0.15) is 0 Å². The van der Waals surface area contributed by atoms with Crippen LogP contribution in [0.5, 0.6) is 0 Å². The van der Waals surface area contributed by atoms with Crippen molar-refractivity contribution in [1.29, 1.82) is 0 Å². The molecule has 2 rings (SSSR count). The highest BCUT2D eigenvalue weighted by Gasteiger charge is 2.21. The van der Waals surface area contributed by atoms with E-state index in [4.69, 9.17) is 9.47 Å². The largest absolute Gasteiger partial charge is 0.389 e. The predicted molar refractivity (Wildman–Crippen MR) is 92.5 cm³/mol. The second kappa shape index (κ2) is 9.38. The molecule has 1 saturated heterocycles. The minimum absolute atomic E-state index is 0.147. The molecule has 1 aromatic rings. The molecule has 0 radical (unpaired) electrons. The number of rotatable bonds is 9. The number of aliphatic hydroxyl groups excluding tert-OH is 1. The van der Waals surface area contributed by atoms with Crippen molar-refractivity contribution < 1.29 is 14.6 Å². The molecule has 1 aliphatic heterocycles. The first-order valence-electron chi connectivity index (χ1n) is 8.72. The van der Waals surface area contributed by atoms with Gasteiger partial charge in [-0.15, -0.1) is 0 Å². The van der Waals surface area contributed by atoms with Crippen LogP contribution in [-0.4, -0.2) is 54.6 Å². The summed E-state index contributed by atoms with van der Waals surface area (Å²) >= 11 is 0. The van der Waals surface area contributed by atoms with Gasteiger partial charge in [-0.2, -0.15) is 0 Å². The van der Waals surface area contributed by atoms with Gasteiger partial charge in [-0.1, -0.05) is 29.8 Å². The van der Waals surface area contributed by atoms with Gasteiger partial charge in [0.25, 0.3) is 0 Å². The predicted octanol–water partition coefficient (Wildman–Crippen LogP) is 2.76. The van der Waals surface area contributed by atoms with Gasteiger partial charge in [-0.05, 0) is 39.2 Å². The lowest BCUT2D eigenvalue weighted by Crippen LogP contribution is -2.39. The maximum Gasteiger partial charge on any atom is 0.0900 e. The van der Waals surface area contributed by atoms with Crippen molar-refractivity contribution in [3.63, 3.8) is 0 Å². The summed E-state index contributed by atoms with van der Waals surface area (Å²) in [7, 11) is 0. The average Bonchev–Trinajstić information content (AvgIpc) is 3.00. The molecular formula is C19H31NO3. The lowest BCUT2D eigenvalue weighted by atomic mass is 10.1. The molecular weight excluding hydrogens is 290 g/mol. The Bertz CT molecular complexity index is 440. The summed E-state index contributed by atoms with van der Waals surface area (Å²) in [6, 6.07) is 8.60. The van der Waals surface area contributed by atoms with Gasteiger partial charge in [0.15, 0.2) is 0 Å². The second-order valence-corrected chi connectivity index (χ2v) is 6.85. The van der Waals surface area contributed by atoms with E-state index in [1.165, 1.54) is 11.1 Å². The molecule has 0 aliphatic carbocycles. The van der Waals surface area contributed by atoms with E-state index in [1.807, 2.05) is 13.8 Å². The van der Waals surface area contributed by atoms with Crippen LogP contribution in [0.2, 0.25) is 0 Å². The molecule has 1 fully saturated rings. The number of hydrogen-bond donors (Lipinski definition) is 1. The fourth-order valence-corrected chi connectivity index (χ4v) is 2.89. The van der Waals surface area contributed by atoms with Crippen molar-refractivity contribution in [2.75, 3.05) is 26.3 Å². The van der Waals surface area contributed by atoms with Crippen LogP contribution in [0.15, 0.2) is 24.3 Å². The smallest absolute Gasteiger partial charge is 0.0900 e. The molecule has 1 N–H and O–H groups in total. The zero-order chi connectivity index (χ0) is 16.7. The molecule has 0 bridgehead atoms. The van der Waals surface area contributed by atoms with Crippen molar-refractivity contribution in [3.8, 4) is 0 Å². The van der Waals surface area contributed by atoms with Crippen molar-refractivity contribution >= 4 is 0 Å². The van der Waals surface area contributed by atoms with Gasteiger partial charge >= 0.3 is 0 Å². The second-order valence-electron chi connectivity index (χ2n) is 6.85. The number of benzene rings is 1.